The number of unbranched alkanes of at least 4 members (excludes halogenated alkanes) is 7. The van der Waals surface area contributed by atoms with E-state index in [1.807, 2.05) is 0 Å². The van der Waals surface area contributed by atoms with E-state index in [0.29, 0.717) is 0 Å². The number of carboxylic acid groups (broad SMARTS) is 1. The molecule has 1 rings (SSSR count). The molecular formula is C16H27NaO2. The van der Waals surface area contributed by atoms with Crippen molar-refractivity contribution in [3.8, 4) is 0 Å². The third-order valence-corrected chi connectivity index (χ3v) is 3.82. The molecule has 0 saturated heterocycles. The summed E-state index contributed by atoms with van der Waals surface area (Å²) in [5.74, 6) is -0.0365. The van der Waals surface area contributed by atoms with Gasteiger partial charge in [-0.3, -0.25) is 0 Å². The Morgan fingerprint density at radius 1 is 1.00 bits per heavy atom. The monoisotopic (exact) mass is 274 g/mol. The van der Waals surface area contributed by atoms with Crippen molar-refractivity contribution in [2.24, 2.45) is 5.92 Å². The topological polar surface area (TPSA) is 40.1 Å². The zero-order valence-electron chi connectivity index (χ0n) is 12.5. The average molecular weight is 274 g/mol. The Bertz CT molecular complexity index is 251. The minimum absolute atomic E-state index is 0. The Morgan fingerprint density at radius 3 is 2.11 bits per heavy atom. The molecule has 19 heavy (non-hydrogen) atoms. The Labute approximate surface area is 140 Å². The molecule has 0 aromatic carbocycles. The van der Waals surface area contributed by atoms with Crippen LogP contribution >= 0.6 is 0 Å². The number of carboxylic acids is 1. The van der Waals surface area contributed by atoms with Crippen molar-refractivity contribution in [2.75, 3.05) is 0 Å². The van der Waals surface area contributed by atoms with Crippen LogP contribution < -0.4 is 34.7 Å². The fourth-order valence-electron chi connectivity index (χ4n) is 2.67. The van der Waals surface area contributed by atoms with Crippen LogP contribution in [0.3, 0.4) is 0 Å². The maximum atomic E-state index is 10.2. The largest absolute Gasteiger partial charge is 1.00 e. The van der Waals surface area contributed by atoms with E-state index >= 15 is 0 Å². The van der Waals surface area contributed by atoms with Gasteiger partial charge < -0.3 is 9.90 Å². The van der Waals surface area contributed by atoms with Crippen LogP contribution in [-0.2, 0) is 4.79 Å². The number of hydrogen-bond acceptors (Lipinski definition) is 2. The van der Waals surface area contributed by atoms with Gasteiger partial charge in [0, 0.05) is 5.97 Å². The van der Waals surface area contributed by atoms with E-state index < -0.39 is 5.97 Å². The zero-order chi connectivity index (χ0) is 13.1. The fraction of sp³-hybridized carbons (Fsp3) is 0.812. The molecule has 0 saturated carbocycles. The van der Waals surface area contributed by atoms with Gasteiger partial charge in [-0.25, -0.2) is 0 Å². The minimum Gasteiger partial charge on any atom is -0.550 e. The van der Waals surface area contributed by atoms with E-state index in [1.54, 1.807) is 0 Å². The summed E-state index contributed by atoms with van der Waals surface area (Å²) < 4.78 is 0. The van der Waals surface area contributed by atoms with Crippen molar-refractivity contribution in [2.45, 2.75) is 77.0 Å². The van der Waals surface area contributed by atoms with E-state index in [1.165, 1.54) is 57.8 Å². The molecule has 104 valence electrons. The summed E-state index contributed by atoms with van der Waals surface area (Å²) in [7, 11) is 0. The number of carbonyl (C=O) groups excluding carboxylic acids is 1. The summed E-state index contributed by atoms with van der Waals surface area (Å²) in [6, 6.07) is 0. The molecule has 1 aliphatic rings. The minimum atomic E-state index is -0.907. The molecular weight excluding hydrogens is 247 g/mol. The number of allylic oxidation sites excluding steroid dienone is 2. The zero-order valence-corrected chi connectivity index (χ0v) is 14.5. The molecule has 0 aromatic rings. The third-order valence-electron chi connectivity index (χ3n) is 3.82. The van der Waals surface area contributed by atoms with Gasteiger partial charge >= 0.3 is 29.6 Å². The van der Waals surface area contributed by atoms with Crippen LogP contribution in [0, 0.1) is 5.92 Å². The van der Waals surface area contributed by atoms with Gasteiger partial charge in [0.05, 0.1) is 0 Å². The molecule has 1 atom stereocenters. The van der Waals surface area contributed by atoms with E-state index in [9.17, 15) is 9.90 Å². The summed E-state index contributed by atoms with van der Waals surface area (Å²) >= 11 is 0. The maximum absolute atomic E-state index is 10.2. The van der Waals surface area contributed by atoms with Gasteiger partial charge in [-0.15, -0.1) is 0 Å². The van der Waals surface area contributed by atoms with Crippen LogP contribution in [0.5, 0.6) is 0 Å². The maximum Gasteiger partial charge on any atom is 1.00 e. The van der Waals surface area contributed by atoms with Crippen LogP contribution in [0.2, 0.25) is 0 Å². The van der Waals surface area contributed by atoms with Crippen LogP contribution in [0.4, 0.5) is 0 Å². The Balaban J connectivity index is 0.00000324. The average Bonchev–Trinajstić information content (AvgIpc) is 2.84. The molecule has 0 fully saturated rings. The van der Waals surface area contributed by atoms with Gasteiger partial charge in [0.25, 0.3) is 0 Å². The number of hydrogen-bond donors (Lipinski definition) is 0. The van der Waals surface area contributed by atoms with Gasteiger partial charge in [-0.1, -0.05) is 57.1 Å². The second-order valence-corrected chi connectivity index (χ2v) is 5.50. The fourth-order valence-corrected chi connectivity index (χ4v) is 2.67. The van der Waals surface area contributed by atoms with Crippen molar-refractivity contribution < 1.29 is 39.5 Å². The van der Waals surface area contributed by atoms with Crippen molar-refractivity contribution >= 4 is 5.97 Å². The van der Waals surface area contributed by atoms with Gasteiger partial charge in [0.2, 0.25) is 0 Å². The molecule has 2 nitrogen and oxygen atoms in total. The predicted octanol–water partition coefficient (Wildman–Crippen LogP) is 0.608. The van der Waals surface area contributed by atoms with Gasteiger partial charge in [-0.05, 0) is 38.0 Å². The third kappa shape index (κ3) is 11.7. The SMILES string of the molecule is O=C([O-])CCCCCCCCCCC1C=CCC1.[Na+]. The quantitative estimate of drug-likeness (QED) is 0.315. The Kier molecular flexibility index (Phi) is 13.4. The summed E-state index contributed by atoms with van der Waals surface area (Å²) in [4.78, 5) is 10.2. The van der Waals surface area contributed by atoms with E-state index in [2.05, 4.69) is 12.2 Å². The van der Waals surface area contributed by atoms with Crippen LogP contribution in [0.15, 0.2) is 12.2 Å². The number of aliphatic carboxylic acids is 1. The first-order valence-corrected chi connectivity index (χ1v) is 7.65. The second-order valence-electron chi connectivity index (χ2n) is 5.50. The molecule has 0 radical (unpaired) electrons. The normalized spacial score (nSPS) is 17.4. The molecule has 0 amide bonds. The molecule has 1 aliphatic carbocycles. The van der Waals surface area contributed by atoms with E-state index in [4.69, 9.17) is 0 Å². The predicted molar refractivity (Wildman–Crippen MR) is 73.0 cm³/mol. The van der Waals surface area contributed by atoms with E-state index in [0.717, 1.165) is 18.8 Å². The first-order chi connectivity index (χ1) is 8.79. The van der Waals surface area contributed by atoms with Crippen molar-refractivity contribution in [1.29, 1.82) is 0 Å². The molecule has 0 aliphatic heterocycles. The molecule has 0 heterocycles. The van der Waals surface area contributed by atoms with Gasteiger partial charge in [-0.2, -0.15) is 0 Å². The number of rotatable bonds is 11. The summed E-state index contributed by atoms with van der Waals surface area (Å²) in [6.45, 7) is 0. The van der Waals surface area contributed by atoms with Crippen molar-refractivity contribution in [1.82, 2.24) is 0 Å². The molecule has 1 unspecified atom stereocenters. The molecule has 0 spiro atoms. The van der Waals surface area contributed by atoms with Crippen LogP contribution in [-0.4, -0.2) is 5.97 Å². The van der Waals surface area contributed by atoms with Gasteiger partial charge in [0.15, 0.2) is 0 Å². The molecule has 0 N–H and O–H groups in total. The standard InChI is InChI=1S/C16H28O2.Na/c17-16(18)14-8-6-4-2-1-3-5-7-11-15-12-9-10-13-15;/h9,12,15H,1-8,10-11,13-14H2,(H,17,18);/q;+1/p-1. The Morgan fingerprint density at radius 2 is 1.58 bits per heavy atom. The summed E-state index contributed by atoms with van der Waals surface area (Å²) in [6.07, 6.45) is 18.6. The smallest absolute Gasteiger partial charge is 0.550 e. The first kappa shape index (κ1) is 19.2. The van der Waals surface area contributed by atoms with Crippen molar-refractivity contribution in [3.05, 3.63) is 12.2 Å². The Hall–Kier alpha value is 0.210. The molecule has 0 aromatic heterocycles. The van der Waals surface area contributed by atoms with Crippen molar-refractivity contribution in [3.63, 3.8) is 0 Å². The second kappa shape index (κ2) is 13.2. The number of carbonyl (C=O) groups is 1. The summed E-state index contributed by atoms with van der Waals surface area (Å²) in [5.41, 5.74) is 0. The van der Waals surface area contributed by atoms with Crippen LogP contribution in [0.1, 0.15) is 77.0 Å². The van der Waals surface area contributed by atoms with Gasteiger partial charge in [0.1, 0.15) is 0 Å². The first-order valence-electron chi connectivity index (χ1n) is 7.65. The van der Waals surface area contributed by atoms with E-state index in [-0.39, 0.29) is 36.0 Å². The molecule has 3 heteroatoms. The van der Waals surface area contributed by atoms with Crippen LogP contribution in [0.25, 0.3) is 0 Å². The summed E-state index contributed by atoms with van der Waals surface area (Å²) in [5, 5.41) is 10.2. The molecule has 0 bridgehead atoms.